The lowest BCUT2D eigenvalue weighted by atomic mass is 10.0. The van der Waals surface area contributed by atoms with Crippen LogP contribution in [0.1, 0.15) is 27.2 Å². The minimum atomic E-state index is -0.435. The van der Waals surface area contributed by atoms with Crippen molar-refractivity contribution in [1.82, 2.24) is 9.78 Å². The zero-order valence-corrected chi connectivity index (χ0v) is 8.02. The highest BCUT2D eigenvalue weighted by molar-refractivity contribution is 5.21. The molecule has 0 aliphatic carbocycles. The number of nitro groups is 1. The van der Waals surface area contributed by atoms with E-state index in [0.29, 0.717) is 0 Å². The molecule has 0 radical (unpaired) electrons. The molecule has 0 fully saturated rings. The predicted molar refractivity (Wildman–Crippen MR) is 48.5 cm³/mol. The summed E-state index contributed by atoms with van der Waals surface area (Å²) in [5.74, 6) is 0. The van der Waals surface area contributed by atoms with E-state index in [-0.39, 0.29) is 11.2 Å². The summed E-state index contributed by atoms with van der Waals surface area (Å²) in [6, 6.07) is 0. The zero-order chi connectivity index (χ0) is 10.1. The molecule has 1 heterocycles. The van der Waals surface area contributed by atoms with Crippen molar-refractivity contribution in [1.29, 1.82) is 0 Å². The minimum Gasteiger partial charge on any atom is -0.260 e. The molecule has 0 aliphatic heterocycles. The summed E-state index contributed by atoms with van der Waals surface area (Å²) in [5, 5.41) is 14.3. The normalized spacial score (nSPS) is 11.6. The van der Waals surface area contributed by atoms with Crippen LogP contribution in [0, 0.1) is 10.1 Å². The van der Waals surface area contributed by atoms with Crippen LogP contribution in [-0.2, 0) is 5.54 Å². The SMILES string of the molecule is CCC(C)(C)n1cc([N+](=O)[O-])cn1. The molecule has 0 amide bonds. The maximum atomic E-state index is 10.4. The molecule has 0 saturated carbocycles. The van der Waals surface area contributed by atoms with Gasteiger partial charge in [-0.1, -0.05) is 6.92 Å². The monoisotopic (exact) mass is 183 g/mol. The summed E-state index contributed by atoms with van der Waals surface area (Å²) in [6.07, 6.45) is 3.62. The van der Waals surface area contributed by atoms with Crippen molar-refractivity contribution in [3.05, 3.63) is 22.5 Å². The van der Waals surface area contributed by atoms with Gasteiger partial charge in [0, 0.05) is 0 Å². The minimum absolute atomic E-state index is 0.0431. The molecule has 0 atom stereocenters. The van der Waals surface area contributed by atoms with Crippen molar-refractivity contribution in [2.24, 2.45) is 0 Å². The van der Waals surface area contributed by atoms with Gasteiger partial charge < -0.3 is 0 Å². The first-order chi connectivity index (χ1) is 5.97. The van der Waals surface area contributed by atoms with E-state index < -0.39 is 4.92 Å². The molecule has 0 saturated heterocycles. The molecule has 0 N–H and O–H groups in total. The van der Waals surface area contributed by atoms with Crippen LogP contribution in [0.15, 0.2) is 12.4 Å². The van der Waals surface area contributed by atoms with Crippen LogP contribution in [0.4, 0.5) is 5.69 Å². The van der Waals surface area contributed by atoms with E-state index in [1.54, 1.807) is 4.68 Å². The number of hydrogen-bond donors (Lipinski definition) is 0. The molecule has 72 valence electrons. The van der Waals surface area contributed by atoms with E-state index in [2.05, 4.69) is 5.10 Å². The molecule has 0 aromatic carbocycles. The van der Waals surface area contributed by atoms with Gasteiger partial charge in [0.05, 0.1) is 10.5 Å². The average molecular weight is 183 g/mol. The van der Waals surface area contributed by atoms with E-state index in [1.807, 2.05) is 20.8 Å². The summed E-state index contributed by atoms with van der Waals surface area (Å²) in [6.45, 7) is 6.00. The fourth-order valence-electron chi connectivity index (χ4n) is 0.901. The highest BCUT2D eigenvalue weighted by atomic mass is 16.6. The standard InChI is InChI=1S/C8H13N3O2/c1-4-8(2,3)10-6-7(5-9-10)11(12)13/h5-6H,4H2,1-3H3. The van der Waals surface area contributed by atoms with Crippen LogP contribution in [0.3, 0.4) is 0 Å². The Kier molecular flexibility index (Phi) is 2.36. The third-order valence-electron chi connectivity index (χ3n) is 2.27. The van der Waals surface area contributed by atoms with Crippen molar-refractivity contribution in [3.63, 3.8) is 0 Å². The van der Waals surface area contributed by atoms with Crippen LogP contribution in [0.25, 0.3) is 0 Å². The van der Waals surface area contributed by atoms with Gasteiger partial charge in [0.25, 0.3) is 0 Å². The van der Waals surface area contributed by atoms with Crippen LogP contribution in [0.5, 0.6) is 0 Å². The Labute approximate surface area is 76.5 Å². The van der Waals surface area contributed by atoms with Crippen LogP contribution in [0.2, 0.25) is 0 Å². The van der Waals surface area contributed by atoms with Crippen molar-refractivity contribution < 1.29 is 4.92 Å². The fourth-order valence-corrected chi connectivity index (χ4v) is 0.901. The molecule has 0 unspecified atom stereocenters. The Hall–Kier alpha value is -1.39. The maximum Gasteiger partial charge on any atom is 0.307 e. The largest absolute Gasteiger partial charge is 0.307 e. The molecule has 0 aliphatic rings. The Morgan fingerprint density at radius 1 is 1.69 bits per heavy atom. The van der Waals surface area contributed by atoms with Gasteiger partial charge in [-0.15, -0.1) is 0 Å². The molecule has 1 rings (SSSR count). The fraction of sp³-hybridized carbons (Fsp3) is 0.625. The van der Waals surface area contributed by atoms with E-state index in [1.165, 1.54) is 12.4 Å². The lowest BCUT2D eigenvalue weighted by Gasteiger charge is -2.22. The molecule has 1 aromatic rings. The number of aromatic nitrogens is 2. The van der Waals surface area contributed by atoms with Gasteiger partial charge in [-0.25, -0.2) is 0 Å². The Balaban J connectivity index is 2.98. The number of rotatable bonds is 3. The molecule has 5 nitrogen and oxygen atoms in total. The Bertz CT molecular complexity index is 317. The van der Waals surface area contributed by atoms with Gasteiger partial charge >= 0.3 is 5.69 Å². The second kappa shape index (κ2) is 3.16. The lowest BCUT2D eigenvalue weighted by molar-refractivity contribution is -0.385. The summed E-state index contributed by atoms with van der Waals surface area (Å²) in [7, 11) is 0. The molecular weight excluding hydrogens is 170 g/mol. The van der Waals surface area contributed by atoms with Crippen molar-refractivity contribution in [2.75, 3.05) is 0 Å². The van der Waals surface area contributed by atoms with Gasteiger partial charge in [0.15, 0.2) is 0 Å². The highest BCUT2D eigenvalue weighted by Gasteiger charge is 2.21. The molecular formula is C8H13N3O2. The second-order valence-electron chi connectivity index (χ2n) is 3.57. The quantitative estimate of drug-likeness (QED) is 0.531. The summed E-state index contributed by atoms with van der Waals surface area (Å²) in [4.78, 5) is 9.95. The molecule has 0 spiro atoms. The van der Waals surface area contributed by atoms with E-state index >= 15 is 0 Å². The topological polar surface area (TPSA) is 61.0 Å². The predicted octanol–water partition coefficient (Wildman–Crippen LogP) is 1.94. The Morgan fingerprint density at radius 3 is 2.69 bits per heavy atom. The van der Waals surface area contributed by atoms with E-state index in [9.17, 15) is 10.1 Å². The van der Waals surface area contributed by atoms with Crippen molar-refractivity contribution in [3.8, 4) is 0 Å². The first kappa shape index (κ1) is 9.70. The molecule has 5 heteroatoms. The van der Waals surface area contributed by atoms with Gasteiger partial charge in [0.1, 0.15) is 12.4 Å². The van der Waals surface area contributed by atoms with Crippen LogP contribution < -0.4 is 0 Å². The summed E-state index contributed by atoms with van der Waals surface area (Å²) < 4.78 is 1.63. The maximum absolute atomic E-state index is 10.4. The van der Waals surface area contributed by atoms with Crippen molar-refractivity contribution >= 4 is 5.69 Å². The van der Waals surface area contributed by atoms with E-state index in [4.69, 9.17) is 0 Å². The van der Waals surface area contributed by atoms with Gasteiger partial charge in [-0.3, -0.25) is 14.8 Å². The molecule has 13 heavy (non-hydrogen) atoms. The lowest BCUT2D eigenvalue weighted by Crippen LogP contribution is -2.25. The second-order valence-corrected chi connectivity index (χ2v) is 3.57. The average Bonchev–Trinajstić information content (AvgIpc) is 2.52. The smallest absolute Gasteiger partial charge is 0.260 e. The third-order valence-corrected chi connectivity index (χ3v) is 2.27. The number of hydrogen-bond acceptors (Lipinski definition) is 3. The third kappa shape index (κ3) is 1.85. The number of nitrogens with zero attached hydrogens (tertiary/aromatic N) is 3. The van der Waals surface area contributed by atoms with Crippen LogP contribution in [-0.4, -0.2) is 14.7 Å². The first-order valence-corrected chi connectivity index (χ1v) is 4.17. The van der Waals surface area contributed by atoms with Gasteiger partial charge in [-0.2, -0.15) is 5.10 Å². The zero-order valence-electron chi connectivity index (χ0n) is 8.02. The van der Waals surface area contributed by atoms with Gasteiger partial charge in [-0.05, 0) is 20.3 Å². The first-order valence-electron chi connectivity index (χ1n) is 4.17. The van der Waals surface area contributed by atoms with E-state index in [0.717, 1.165) is 6.42 Å². The van der Waals surface area contributed by atoms with Crippen LogP contribution >= 0.6 is 0 Å². The summed E-state index contributed by atoms with van der Waals surface area (Å²) >= 11 is 0. The highest BCUT2D eigenvalue weighted by Crippen LogP contribution is 2.20. The molecule has 0 bridgehead atoms. The van der Waals surface area contributed by atoms with Crippen molar-refractivity contribution in [2.45, 2.75) is 32.7 Å². The Morgan fingerprint density at radius 2 is 2.31 bits per heavy atom. The van der Waals surface area contributed by atoms with Gasteiger partial charge in [0.2, 0.25) is 0 Å². The molecule has 1 aromatic heterocycles. The summed E-state index contributed by atoms with van der Waals surface area (Å²) in [5.41, 5.74) is -0.115.